The van der Waals surface area contributed by atoms with Gasteiger partial charge in [-0.25, -0.2) is 17.2 Å². The number of ether oxygens (including phenoxy) is 1. The first-order valence-electron chi connectivity index (χ1n) is 10.3. The van der Waals surface area contributed by atoms with Gasteiger partial charge >= 0.3 is 0 Å². The summed E-state index contributed by atoms with van der Waals surface area (Å²) in [6.45, 7) is 1.47. The van der Waals surface area contributed by atoms with Crippen LogP contribution < -0.4 is 9.46 Å². The summed E-state index contributed by atoms with van der Waals surface area (Å²) in [5, 5.41) is 0. The Kier molecular flexibility index (Phi) is 6.10. The number of hydrogen-bond acceptors (Lipinski definition) is 5. The molecule has 0 aromatic heterocycles. The van der Waals surface area contributed by atoms with E-state index in [1.165, 1.54) is 13.0 Å². The van der Waals surface area contributed by atoms with Gasteiger partial charge < -0.3 is 4.74 Å². The summed E-state index contributed by atoms with van der Waals surface area (Å²) >= 11 is 0. The Morgan fingerprint density at radius 2 is 1.97 bits per heavy atom. The molecule has 6 nitrogen and oxygen atoms in total. The molecule has 2 aromatic rings. The summed E-state index contributed by atoms with van der Waals surface area (Å²) in [5.74, 6) is -2.01. The molecule has 0 radical (unpaired) electrons. The van der Waals surface area contributed by atoms with E-state index < -0.39 is 27.7 Å². The van der Waals surface area contributed by atoms with Crippen LogP contribution in [0, 0.1) is 17.6 Å². The Labute approximate surface area is 185 Å². The van der Waals surface area contributed by atoms with E-state index in [1.54, 1.807) is 24.4 Å². The molecule has 0 amide bonds. The molecule has 1 aliphatic heterocycles. The lowest BCUT2D eigenvalue weighted by molar-refractivity contribution is -0.116. The molecule has 1 heterocycles. The van der Waals surface area contributed by atoms with E-state index in [-0.39, 0.29) is 34.3 Å². The summed E-state index contributed by atoms with van der Waals surface area (Å²) < 4.78 is 60.1. The van der Waals surface area contributed by atoms with Crippen LogP contribution in [0.15, 0.2) is 53.0 Å². The molecule has 1 N–H and O–H groups in total. The number of allylic oxidation sites excluding steroid dienone is 1. The second-order valence-electron chi connectivity index (χ2n) is 7.86. The molecular formula is C23H22F2N2O4S. The first-order chi connectivity index (χ1) is 15.3. The zero-order valence-corrected chi connectivity index (χ0v) is 18.2. The van der Waals surface area contributed by atoms with Crippen LogP contribution in [-0.4, -0.2) is 26.2 Å². The van der Waals surface area contributed by atoms with Gasteiger partial charge in [-0.05, 0) is 62.0 Å². The Morgan fingerprint density at radius 1 is 1.19 bits per heavy atom. The maximum atomic E-state index is 14.3. The lowest BCUT2D eigenvalue weighted by atomic mass is 9.96. The molecule has 1 atom stereocenters. The van der Waals surface area contributed by atoms with E-state index >= 15 is 0 Å². The van der Waals surface area contributed by atoms with E-state index in [0.29, 0.717) is 12.0 Å². The average molecular weight is 461 g/mol. The fourth-order valence-corrected chi connectivity index (χ4v) is 4.06. The minimum Gasteiger partial charge on any atom is -0.452 e. The number of aliphatic imine (C=N–C) groups is 1. The van der Waals surface area contributed by atoms with Gasteiger partial charge in [-0.15, -0.1) is 0 Å². The number of halogens is 2. The van der Waals surface area contributed by atoms with Gasteiger partial charge in [0.1, 0.15) is 11.9 Å². The number of dihydropyridines is 1. The summed E-state index contributed by atoms with van der Waals surface area (Å²) in [6.07, 6.45) is 6.27. The van der Waals surface area contributed by atoms with E-state index in [9.17, 15) is 22.0 Å². The van der Waals surface area contributed by atoms with Gasteiger partial charge in [-0.3, -0.25) is 14.5 Å². The number of para-hydroxylation sites is 1. The fraction of sp³-hybridized carbons (Fsp3) is 0.304. The molecule has 0 bridgehead atoms. The molecule has 9 heteroatoms. The average Bonchev–Trinajstić information content (AvgIpc) is 3.55. The number of hydrogen-bond donors (Lipinski definition) is 1. The number of sulfonamides is 1. The number of carbonyl (C=O) groups excluding carboxylic acids is 1. The van der Waals surface area contributed by atoms with E-state index in [2.05, 4.69) is 9.71 Å². The van der Waals surface area contributed by atoms with Crippen LogP contribution in [0.2, 0.25) is 0 Å². The van der Waals surface area contributed by atoms with Crippen molar-refractivity contribution in [2.24, 2.45) is 10.9 Å². The van der Waals surface area contributed by atoms with Crippen LogP contribution in [-0.2, 0) is 14.8 Å². The number of anilines is 1. The summed E-state index contributed by atoms with van der Waals surface area (Å²) in [5.41, 5.74) is 1.15. The third kappa shape index (κ3) is 5.04. The van der Waals surface area contributed by atoms with E-state index in [1.807, 2.05) is 0 Å². The Morgan fingerprint density at radius 3 is 2.62 bits per heavy atom. The molecule has 4 rings (SSSR count). The quantitative estimate of drug-likeness (QED) is 0.605. The summed E-state index contributed by atoms with van der Waals surface area (Å²) in [6, 6.07) is 6.38. The number of benzene rings is 2. The van der Waals surface area contributed by atoms with Crippen molar-refractivity contribution < 1.29 is 26.7 Å². The molecule has 2 aromatic carbocycles. The van der Waals surface area contributed by atoms with Crippen LogP contribution in [0.5, 0.6) is 11.5 Å². The second-order valence-corrected chi connectivity index (χ2v) is 9.87. The Hall–Kier alpha value is -3.07. The topological polar surface area (TPSA) is 84.8 Å². The predicted octanol–water partition coefficient (Wildman–Crippen LogP) is 4.94. The van der Waals surface area contributed by atoms with Crippen molar-refractivity contribution in [2.45, 2.75) is 32.2 Å². The molecule has 1 aliphatic carbocycles. The van der Waals surface area contributed by atoms with Crippen molar-refractivity contribution in [3.05, 3.63) is 65.2 Å². The largest absolute Gasteiger partial charge is 0.452 e. The number of rotatable bonds is 8. The standard InChI is InChI=1S/C23H22F2N2O4S/c1-2-32(29,30)27-19-5-3-4-17(23(19)31-21-9-8-16(24)12-18(21)25)22-20(28)11-15(13-26-22)10-14-6-7-14/h3-5,8-9,11-14,22,27H,2,6-7,10H2,1H3. The maximum Gasteiger partial charge on any atom is 0.232 e. The Balaban J connectivity index is 1.73. The monoisotopic (exact) mass is 460 g/mol. The zero-order chi connectivity index (χ0) is 22.9. The SMILES string of the molecule is CCS(=O)(=O)Nc1cccc(C2N=CC(CC3CC3)=CC2=O)c1Oc1ccc(F)cc1F. The predicted molar refractivity (Wildman–Crippen MR) is 118 cm³/mol. The third-order valence-corrected chi connectivity index (χ3v) is 6.59. The van der Waals surface area contributed by atoms with Gasteiger partial charge in [0, 0.05) is 17.8 Å². The second kappa shape index (κ2) is 8.82. The first-order valence-corrected chi connectivity index (χ1v) is 11.9. The molecular weight excluding hydrogens is 438 g/mol. The van der Waals surface area contributed by atoms with Crippen molar-refractivity contribution >= 4 is 27.7 Å². The van der Waals surface area contributed by atoms with Gasteiger partial charge in [0.15, 0.2) is 23.1 Å². The van der Waals surface area contributed by atoms with Crippen LogP contribution >= 0.6 is 0 Å². The summed E-state index contributed by atoms with van der Waals surface area (Å²) in [7, 11) is -3.70. The number of nitrogens with one attached hydrogen (secondary N) is 1. The van der Waals surface area contributed by atoms with Gasteiger partial charge in [-0.1, -0.05) is 12.1 Å². The van der Waals surface area contributed by atoms with Gasteiger partial charge in [0.2, 0.25) is 10.0 Å². The molecule has 168 valence electrons. The lowest BCUT2D eigenvalue weighted by Gasteiger charge is -2.21. The van der Waals surface area contributed by atoms with Gasteiger partial charge in [0.25, 0.3) is 0 Å². The van der Waals surface area contributed by atoms with Crippen LogP contribution in [0.25, 0.3) is 0 Å². The molecule has 0 spiro atoms. The van der Waals surface area contributed by atoms with Gasteiger partial charge in [-0.2, -0.15) is 0 Å². The number of nitrogens with zero attached hydrogens (tertiary/aromatic N) is 1. The van der Waals surface area contributed by atoms with Crippen molar-refractivity contribution in [3.8, 4) is 11.5 Å². The molecule has 32 heavy (non-hydrogen) atoms. The van der Waals surface area contributed by atoms with Crippen LogP contribution in [0.1, 0.15) is 37.8 Å². The first kappa shape index (κ1) is 22.1. The van der Waals surface area contributed by atoms with Crippen LogP contribution in [0.4, 0.5) is 14.5 Å². The maximum absolute atomic E-state index is 14.3. The van der Waals surface area contributed by atoms with Crippen molar-refractivity contribution in [1.29, 1.82) is 0 Å². The smallest absolute Gasteiger partial charge is 0.232 e. The molecule has 2 aliphatic rings. The van der Waals surface area contributed by atoms with E-state index in [4.69, 9.17) is 4.74 Å². The summed E-state index contributed by atoms with van der Waals surface area (Å²) in [4.78, 5) is 17.3. The van der Waals surface area contributed by atoms with Gasteiger partial charge in [0.05, 0.1) is 11.4 Å². The van der Waals surface area contributed by atoms with Crippen LogP contribution in [0.3, 0.4) is 0 Å². The Bertz CT molecular complexity index is 1220. The van der Waals surface area contributed by atoms with E-state index in [0.717, 1.165) is 37.0 Å². The lowest BCUT2D eigenvalue weighted by Crippen LogP contribution is -2.18. The molecule has 1 saturated carbocycles. The van der Waals surface area contributed by atoms with Crippen molar-refractivity contribution in [3.63, 3.8) is 0 Å². The highest BCUT2D eigenvalue weighted by Crippen LogP contribution is 2.41. The normalized spacial score (nSPS) is 18.4. The fourth-order valence-electron chi connectivity index (χ4n) is 3.42. The third-order valence-electron chi connectivity index (χ3n) is 5.30. The van der Waals surface area contributed by atoms with Crippen molar-refractivity contribution in [1.82, 2.24) is 0 Å². The van der Waals surface area contributed by atoms with Crippen molar-refractivity contribution in [2.75, 3.05) is 10.5 Å². The minimum atomic E-state index is -3.70. The number of carbonyl (C=O) groups is 1. The highest BCUT2D eigenvalue weighted by Gasteiger charge is 2.29. The minimum absolute atomic E-state index is 0.0313. The highest BCUT2D eigenvalue weighted by atomic mass is 32.2. The number of ketones is 1. The highest BCUT2D eigenvalue weighted by molar-refractivity contribution is 7.92. The zero-order valence-electron chi connectivity index (χ0n) is 17.3. The molecule has 1 fully saturated rings. The molecule has 0 saturated heterocycles. The molecule has 1 unspecified atom stereocenters.